The van der Waals surface area contributed by atoms with Crippen LogP contribution in [0.25, 0.3) is 0 Å². The molecule has 1 unspecified atom stereocenters. The third-order valence-electron chi connectivity index (χ3n) is 2.99. The van der Waals surface area contributed by atoms with Crippen LogP contribution < -0.4 is 5.73 Å². The molecule has 0 radical (unpaired) electrons. The molecule has 6 heteroatoms. The van der Waals surface area contributed by atoms with Gasteiger partial charge in [0.15, 0.2) is 0 Å². The summed E-state index contributed by atoms with van der Waals surface area (Å²) in [6.07, 6.45) is 2.63. The van der Waals surface area contributed by atoms with E-state index in [0.717, 1.165) is 36.4 Å². The maximum Gasteiger partial charge on any atom is 0.136 e. The molecule has 0 saturated heterocycles. The van der Waals surface area contributed by atoms with E-state index in [1.165, 1.54) is 0 Å². The molecule has 5 nitrogen and oxygen atoms in total. The Morgan fingerprint density at radius 3 is 2.58 bits per heavy atom. The number of nitrogens with two attached hydrogens (primary N) is 1. The first kappa shape index (κ1) is 16.7. The van der Waals surface area contributed by atoms with Crippen molar-refractivity contribution in [3.8, 4) is 0 Å². The van der Waals surface area contributed by atoms with Gasteiger partial charge in [0, 0.05) is 40.5 Å². The molecule has 19 heavy (non-hydrogen) atoms. The standard InChI is InChI=1S/C13H23BrN2O3/c1-17-7-3-5-16(6-9-18-2)12(10-15)13-11(14)4-8-19-13/h4,8,12H,3,5-7,9-10,15H2,1-2H3. The van der Waals surface area contributed by atoms with Crippen molar-refractivity contribution >= 4 is 15.9 Å². The van der Waals surface area contributed by atoms with E-state index in [1.807, 2.05) is 6.07 Å². The van der Waals surface area contributed by atoms with Crippen molar-refractivity contribution in [2.75, 3.05) is 47.1 Å². The molecule has 110 valence electrons. The van der Waals surface area contributed by atoms with E-state index in [4.69, 9.17) is 19.6 Å². The highest BCUT2D eigenvalue weighted by molar-refractivity contribution is 9.10. The van der Waals surface area contributed by atoms with Crippen LogP contribution in [0, 0.1) is 0 Å². The van der Waals surface area contributed by atoms with Crippen LogP contribution in [0.5, 0.6) is 0 Å². The average Bonchev–Trinajstić information content (AvgIpc) is 2.83. The van der Waals surface area contributed by atoms with Crippen molar-refractivity contribution < 1.29 is 13.9 Å². The number of hydrogen-bond donors (Lipinski definition) is 1. The molecule has 0 aromatic carbocycles. The summed E-state index contributed by atoms with van der Waals surface area (Å²) < 4.78 is 16.8. The highest BCUT2D eigenvalue weighted by Gasteiger charge is 2.23. The fourth-order valence-corrected chi connectivity index (χ4v) is 2.47. The van der Waals surface area contributed by atoms with Gasteiger partial charge in [-0.15, -0.1) is 0 Å². The zero-order chi connectivity index (χ0) is 14.1. The second-order valence-corrected chi connectivity index (χ2v) is 5.11. The maximum atomic E-state index is 5.92. The average molecular weight is 335 g/mol. The normalized spacial score (nSPS) is 13.1. The summed E-state index contributed by atoms with van der Waals surface area (Å²) >= 11 is 3.49. The Labute approximate surface area is 123 Å². The molecule has 1 aromatic rings. The zero-order valence-electron chi connectivity index (χ0n) is 11.6. The SMILES string of the molecule is COCCCN(CCOC)C(CN)c1occc1Br. The predicted octanol–water partition coefficient (Wildman–Crippen LogP) is 2.03. The predicted molar refractivity (Wildman–Crippen MR) is 78.1 cm³/mol. The fourth-order valence-electron chi connectivity index (χ4n) is 2.01. The molecular formula is C13H23BrN2O3. The van der Waals surface area contributed by atoms with Crippen LogP contribution in [0.3, 0.4) is 0 Å². The Morgan fingerprint density at radius 1 is 1.32 bits per heavy atom. The minimum atomic E-state index is 0.0522. The Morgan fingerprint density at radius 2 is 2.05 bits per heavy atom. The van der Waals surface area contributed by atoms with Crippen LogP contribution in [0.15, 0.2) is 21.2 Å². The van der Waals surface area contributed by atoms with Gasteiger partial charge in [-0.05, 0) is 28.4 Å². The van der Waals surface area contributed by atoms with Gasteiger partial charge >= 0.3 is 0 Å². The van der Waals surface area contributed by atoms with E-state index in [2.05, 4.69) is 20.8 Å². The van der Waals surface area contributed by atoms with Gasteiger partial charge in [0.2, 0.25) is 0 Å². The number of methoxy groups -OCH3 is 2. The van der Waals surface area contributed by atoms with Crippen molar-refractivity contribution in [3.63, 3.8) is 0 Å². The van der Waals surface area contributed by atoms with Crippen LogP contribution in [0.4, 0.5) is 0 Å². The number of halogens is 1. The van der Waals surface area contributed by atoms with E-state index in [0.29, 0.717) is 13.2 Å². The first-order valence-electron chi connectivity index (χ1n) is 6.39. The molecule has 2 N–H and O–H groups in total. The first-order valence-corrected chi connectivity index (χ1v) is 7.18. The monoisotopic (exact) mass is 334 g/mol. The molecule has 0 amide bonds. The molecule has 1 atom stereocenters. The molecule has 0 aliphatic heterocycles. The molecule has 0 aliphatic rings. The largest absolute Gasteiger partial charge is 0.466 e. The minimum Gasteiger partial charge on any atom is -0.466 e. The second kappa shape index (κ2) is 9.50. The summed E-state index contributed by atoms with van der Waals surface area (Å²) in [7, 11) is 3.41. The van der Waals surface area contributed by atoms with Gasteiger partial charge < -0.3 is 19.6 Å². The summed E-state index contributed by atoms with van der Waals surface area (Å²) in [5.74, 6) is 0.871. The fraction of sp³-hybridized carbons (Fsp3) is 0.692. The van der Waals surface area contributed by atoms with Crippen molar-refractivity contribution in [2.24, 2.45) is 5.73 Å². The number of hydrogen-bond acceptors (Lipinski definition) is 5. The number of nitrogens with zero attached hydrogens (tertiary/aromatic N) is 1. The Bertz CT molecular complexity index is 346. The van der Waals surface area contributed by atoms with E-state index >= 15 is 0 Å². The maximum absolute atomic E-state index is 5.92. The Kier molecular flexibility index (Phi) is 8.32. The van der Waals surface area contributed by atoms with E-state index in [1.54, 1.807) is 20.5 Å². The molecule has 1 rings (SSSR count). The minimum absolute atomic E-state index is 0.0522. The number of rotatable bonds is 10. The summed E-state index contributed by atoms with van der Waals surface area (Å²) in [6, 6.07) is 1.94. The lowest BCUT2D eigenvalue weighted by Crippen LogP contribution is -2.37. The molecule has 0 aliphatic carbocycles. The third-order valence-corrected chi connectivity index (χ3v) is 3.64. The molecule has 0 spiro atoms. The Balaban J connectivity index is 2.71. The number of furan rings is 1. The lowest BCUT2D eigenvalue weighted by Gasteiger charge is -2.29. The zero-order valence-corrected chi connectivity index (χ0v) is 13.2. The highest BCUT2D eigenvalue weighted by atomic mass is 79.9. The Hall–Kier alpha value is -0.400. The first-order chi connectivity index (χ1) is 9.24. The van der Waals surface area contributed by atoms with E-state index in [-0.39, 0.29) is 6.04 Å². The van der Waals surface area contributed by atoms with Crippen molar-refractivity contribution in [2.45, 2.75) is 12.5 Å². The molecule has 0 saturated carbocycles. The van der Waals surface area contributed by atoms with Gasteiger partial charge in [0.05, 0.1) is 23.4 Å². The van der Waals surface area contributed by atoms with Crippen LogP contribution in [0.1, 0.15) is 18.2 Å². The molecule has 0 bridgehead atoms. The lowest BCUT2D eigenvalue weighted by atomic mass is 10.1. The van der Waals surface area contributed by atoms with Crippen LogP contribution in [0.2, 0.25) is 0 Å². The topological polar surface area (TPSA) is 60.9 Å². The van der Waals surface area contributed by atoms with Crippen molar-refractivity contribution in [1.29, 1.82) is 0 Å². The van der Waals surface area contributed by atoms with Crippen molar-refractivity contribution in [1.82, 2.24) is 4.90 Å². The van der Waals surface area contributed by atoms with Gasteiger partial charge in [-0.3, -0.25) is 4.90 Å². The van der Waals surface area contributed by atoms with Gasteiger partial charge in [-0.2, -0.15) is 0 Å². The van der Waals surface area contributed by atoms with E-state index in [9.17, 15) is 0 Å². The molecule has 0 fully saturated rings. The second-order valence-electron chi connectivity index (χ2n) is 4.26. The van der Waals surface area contributed by atoms with Crippen molar-refractivity contribution in [3.05, 3.63) is 22.6 Å². The highest BCUT2D eigenvalue weighted by Crippen LogP contribution is 2.28. The quantitative estimate of drug-likeness (QED) is 0.663. The van der Waals surface area contributed by atoms with Crippen LogP contribution >= 0.6 is 15.9 Å². The summed E-state index contributed by atoms with van der Waals surface area (Å²) in [5, 5.41) is 0. The third kappa shape index (κ3) is 5.24. The summed E-state index contributed by atoms with van der Waals surface area (Å²) in [5.41, 5.74) is 5.92. The summed E-state index contributed by atoms with van der Waals surface area (Å²) in [4.78, 5) is 2.27. The van der Waals surface area contributed by atoms with Gasteiger partial charge in [-0.1, -0.05) is 0 Å². The van der Waals surface area contributed by atoms with E-state index < -0.39 is 0 Å². The molecule has 1 aromatic heterocycles. The molecule has 1 heterocycles. The van der Waals surface area contributed by atoms with Crippen LogP contribution in [-0.2, 0) is 9.47 Å². The van der Waals surface area contributed by atoms with Gasteiger partial charge in [0.1, 0.15) is 5.76 Å². The lowest BCUT2D eigenvalue weighted by molar-refractivity contribution is 0.1000. The van der Waals surface area contributed by atoms with Gasteiger partial charge in [0.25, 0.3) is 0 Å². The van der Waals surface area contributed by atoms with Crippen LogP contribution in [-0.4, -0.2) is 52.0 Å². The number of ether oxygens (including phenoxy) is 2. The van der Waals surface area contributed by atoms with Gasteiger partial charge in [-0.25, -0.2) is 0 Å². The smallest absolute Gasteiger partial charge is 0.136 e. The summed E-state index contributed by atoms with van der Waals surface area (Å²) in [6.45, 7) is 3.62. The molecular weight excluding hydrogens is 312 g/mol.